The Morgan fingerprint density at radius 3 is 2.60 bits per heavy atom. The van der Waals surface area contributed by atoms with Crippen molar-refractivity contribution in [2.45, 2.75) is 20.3 Å². The summed E-state index contributed by atoms with van der Waals surface area (Å²) >= 11 is 0. The minimum Gasteiger partial charge on any atom is -0.481 e. The highest BCUT2D eigenvalue weighted by Gasteiger charge is 2.09. The van der Waals surface area contributed by atoms with E-state index in [9.17, 15) is 9.59 Å². The molecule has 1 N–H and O–H groups in total. The molecule has 0 aliphatic rings. The summed E-state index contributed by atoms with van der Waals surface area (Å²) in [6, 6.07) is 5.09. The van der Waals surface area contributed by atoms with E-state index in [0.717, 1.165) is 5.56 Å². The second-order valence-electron chi connectivity index (χ2n) is 3.28. The van der Waals surface area contributed by atoms with Gasteiger partial charge in [0.15, 0.2) is 0 Å². The molecular weight excluding hydrogens is 196 g/mol. The van der Waals surface area contributed by atoms with Crippen LogP contribution in [0.1, 0.15) is 18.1 Å². The first-order valence-corrected chi connectivity index (χ1v) is 4.49. The Morgan fingerprint density at radius 2 is 2.07 bits per heavy atom. The van der Waals surface area contributed by atoms with Gasteiger partial charge in [0, 0.05) is 12.5 Å². The maximum Gasteiger partial charge on any atom is 0.308 e. The average molecular weight is 208 g/mol. The molecule has 15 heavy (non-hydrogen) atoms. The molecule has 0 aromatic heterocycles. The van der Waals surface area contributed by atoms with Crippen LogP contribution in [0, 0.1) is 6.92 Å². The fraction of sp³-hybridized carbons (Fsp3) is 0.273. The summed E-state index contributed by atoms with van der Waals surface area (Å²) in [4.78, 5) is 21.3. The van der Waals surface area contributed by atoms with Gasteiger partial charge in [0.05, 0.1) is 6.42 Å². The molecule has 0 unspecified atom stereocenters. The standard InChI is InChI=1S/C11H12O4/c1-7-3-4-9(6-11(13)14)10(5-7)15-8(2)12/h3-5H,6H2,1-2H3,(H,13,14). The molecule has 0 heterocycles. The van der Waals surface area contributed by atoms with Crippen LogP contribution in [0.4, 0.5) is 0 Å². The first kappa shape index (κ1) is 11.2. The van der Waals surface area contributed by atoms with Gasteiger partial charge in [-0.25, -0.2) is 0 Å². The van der Waals surface area contributed by atoms with Crippen molar-refractivity contribution in [2.75, 3.05) is 0 Å². The molecule has 4 nitrogen and oxygen atoms in total. The molecule has 80 valence electrons. The Labute approximate surface area is 87.5 Å². The SMILES string of the molecule is CC(=O)Oc1cc(C)ccc1CC(=O)O. The molecule has 0 saturated heterocycles. The summed E-state index contributed by atoms with van der Waals surface area (Å²) < 4.78 is 4.92. The van der Waals surface area contributed by atoms with Gasteiger partial charge >= 0.3 is 11.9 Å². The van der Waals surface area contributed by atoms with Gasteiger partial charge in [-0.2, -0.15) is 0 Å². The number of ether oxygens (including phenoxy) is 1. The number of esters is 1. The lowest BCUT2D eigenvalue weighted by atomic mass is 10.1. The molecule has 0 aliphatic heterocycles. The van der Waals surface area contributed by atoms with E-state index in [1.54, 1.807) is 18.2 Å². The topological polar surface area (TPSA) is 63.6 Å². The van der Waals surface area contributed by atoms with E-state index >= 15 is 0 Å². The summed E-state index contributed by atoms with van der Waals surface area (Å²) in [5.74, 6) is -1.08. The van der Waals surface area contributed by atoms with Gasteiger partial charge in [-0.05, 0) is 18.6 Å². The maximum absolute atomic E-state index is 10.8. The van der Waals surface area contributed by atoms with Gasteiger partial charge in [0.1, 0.15) is 5.75 Å². The van der Waals surface area contributed by atoms with Crippen molar-refractivity contribution < 1.29 is 19.4 Å². The monoisotopic (exact) mass is 208 g/mol. The number of carbonyl (C=O) groups is 2. The third-order valence-corrected chi connectivity index (χ3v) is 1.82. The molecular formula is C11H12O4. The van der Waals surface area contributed by atoms with Crippen molar-refractivity contribution in [3.63, 3.8) is 0 Å². The summed E-state index contributed by atoms with van der Waals surface area (Å²) in [5, 5.41) is 8.65. The normalized spacial score (nSPS) is 9.73. The number of carbonyl (C=O) groups excluding carboxylic acids is 1. The van der Waals surface area contributed by atoms with Crippen molar-refractivity contribution in [1.29, 1.82) is 0 Å². The van der Waals surface area contributed by atoms with E-state index in [0.29, 0.717) is 11.3 Å². The van der Waals surface area contributed by atoms with Crippen molar-refractivity contribution in [2.24, 2.45) is 0 Å². The Balaban J connectivity index is 3.02. The van der Waals surface area contributed by atoms with Gasteiger partial charge in [-0.3, -0.25) is 9.59 Å². The van der Waals surface area contributed by atoms with Crippen LogP contribution >= 0.6 is 0 Å². The van der Waals surface area contributed by atoms with Gasteiger partial charge in [0.25, 0.3) is 0 Å². The van der Waals surface area contributed by atoms with E-state index in [-0.39, 0.29) is 6.42 Å². The molecule has 0 radical (unpaired) electrons. The number of hydrogen-bond acceptors (Lipinski definition) is 3. The fourth-order valence-corrected chi connectivity index (χ4v) is 1.22. The maximum atomic E-state index is 10.8. The summed E-state index contributed by atoms with van der Waals surface area (Å²) in [6.45, 7) is 3.13. The molecule has 0 saturated carbocycles. The third-order valence-electron chi connectivity index (χ3n) is 1.82. The molecule has 1 aromatic rings. The lowest BCUT2D eigenvalue weighted by Gasteiger charge is -2.07. The zero-order chi connectivity index (χ0) is 11.4. The zero-order valence-corrected chi connectivity index (χ0v) is 8.61. The van der Waals surface area contributed by atoms with Crippen LogP contribution in [0.5, 0.6) is 5.75 Å². The van der Waals surface area contributed by atoms with Gasteiger partial charge in [-0.1, -0.05) is 12.1 Å². The minimum absolute atomic E-state index is 0.150. The van der Waals surface area contributed by atoms with Crippen LogP contribution < -0.4 is 4.74 Å². The summed E-state index contributed by atoms with van der Waals surface area (Å²) in [6.07, 6.45) is -0.150. The van der Waals surface area contributed by atoms with E-state index in [4.69, 9.17) is 9.84 Å². The number of carboxylic acids is 1. The molecule has 0 spiro atoms. The van der Waals surface area contributed by atoms with E-state index in [1.807, 2.05) is 6.92 Å². The largest absolute Gasteiger partial charge is 0.481 e. The second kappa shape index (κ2) is 4.59. The number of aliphatic carboxylic acids is 1. The highest BCUT2D eigenvalue weighted by atomic mass is 16.5. The molecule has 0 amide bonds. The first-order valence-electron chi connectivity index (χ1n) is 4.49. The molecule has 0 fully saturated rings. The smallest absolute Gasteiger partial charge is 0.308 e. The number of hydrogen-bond donors (Lipinski definition) is 1. The molecule has 0 atom stereocenters. The molecule has 1 aromatic carbocycles. The molecule has 0 aliphatic carbocycles. The fourth-order valence-electron chi connectivity index (χ4n) is 1.22. The Hall–Kier alpha value is -1.84. The molecule has 4 heteroatoms. The van der Waals surface area contributed by atoms with Crippen molar-refractivity contribution in [3.05, 3.63) is 29.3 Å². The van der Waals surface area contributed by atoms with Gasteiger partial charge in [-0.15, -0.1) is 0 Å². The van der Waals surface area contributed by atoms with E-state index in [1.165, 1.54) is 6.92 Å². The summed E-state index contributed by atoms with van der Waals surface area (Å²) in [5.41, 5.74) is 1.42. The Morgan fingerprint density at radius 1 is 1.40 bits per heavy atom. The van der Waals surface area contributed by atoms with E-state index in [2.05, 4.69) is 0 Å². The van der Waals surface area contributed by atoms with Gasteiger partial charge in [0.2, 0.25) is 0 Å². The first-order chi connectivity index (χ1) is 6.99. The van der Waals surface area contributed by atoms with Crippen LogP contribution in [0.15, 0.2) is 18.2 Å². The lowest BCUT2D eigenvalue weighted by molar-refractivity contribution is -0.136. The Kier molecular flexibility index (Phi) is 3.44. The van der Waals surface area contributed by atoms with Crippen molar-refractivity contribution in [3.8, 4) is 5.75 Å². The zero-order valence-electron chi connectivity index (χ0n) is 8.61. The number of aryl methyl sites for hydroxylation is 1. The predicted molar refractivity (Wildman–Crippen MR) is 53.8 cm³/mol. The van der Waals surface area contributed by atoms with Crippen molar-refractivity contribution in [1.82, 2.24) is 0 Å². The van der Waals surface area contributed by atoms with Crippen LogP contribution in [-0.2, 0) is 16.0 Å². The second-order valence-corrected chi connectivity index (χ2v) is 3.28. The summed E-state index contributed by atoms with van der Waals surface area (Å²) in [7, 11) is 0. The van der Waals surface area contributed by atoms with Crippen LogP contribution in [-0.4, -0.2) is 17.0 Å². The van der Waals surface area contributed by atoms with Gasteiger partial charge < -0.3 is 9.84 Å². The molecule has 0 bridgehead atoms. The third kappa shape index (κ3) is 3.42. The lowest BCUT2D eigenvalue weighted by Crippen LogP contribution is -2.07. The quantitative estimate of drug-likeness (QED) is 0.604. The van der Waals surface area contributed by atoms with Crippen LogP contribution in [0.2, 0.25) is 0 Å². The van der Waals surface area contributed by atoms with E-state index < -0.39 is 11.9 Å². The highest BCUT2D eigenvalue weighted by Crippen LogP contribution is 2.21. The van der Waals surface area contributed by atoms with Crippen LogP contribution in [0.3, 0.4) is 0 Å². The molecule has 1 rings (SSSR count). The average Bonchev–Trinajstić information content (AvgIpc) is 2.08. The van der Waals surface area contributed by atoms with Crippen molar-refractivity contribution >= 4 is 11.9 Å². The number of benzene rings is 1. The number of rotatable bonds is 3. The number of carboxylic acid groups (broad SMARTS) is 1. The van der Waals surface area contributed by atoms with Crippen LogP contribution in [0.25, 0.3) is 0 Å². The predicted octanol–water partition coefficient (Wildman–Crippen LogP) is 1.55. The minimum atomic E-state index is -0.952. The highest BCUT2D eigenvalue weighted by molar-refractivity contribution is 5.74. The Bertz CT molecular complexity index is 396.